The minimum Gasteiger partial charge on any atom is -0.445 e. The lowest BCUT2D eigenvalue weighted by Gasteiger charge is -2.37. The Bertz CT molecular complexity index is 764. The first kappa shape index (κ1) is 16.8. The molecule has 2 fully saturated rings. The van der Waals surface area contributed by atoms with E-state index in [0.717, 1.165) is 18.4 Å². The molecule has 2 unspecified atom stereocenters. The Kier molecular flexibility index (Phi) is 4.69. The Morgan fingerprint density at radius 2 is 1.69 bits per heavy atom. The number of aromatic nitrogens is 1. The fourth-order valence-electron chi connectivity index (χ4n) is 4.20. The minimum atomic E-state index is -0.259. The van der Waals surface area contributed by atoms with Gasteiger partial charge in [0.05, 0.1) is 0 Å². The molecule has 0 spiro atoms. The van der Waals surface area contributed by atoms with Crippen molar-refractivity contribution in [2.75, 3.05) is 0 Å². The van der Waals surface area contributed by atoms with Crippen LogP contribution in [0.15, 0.2) is 54.7 Å². The Hall–Kier alpha value is -2.69. The maximum absolute atomic E-state index is 12.7. The molecule has 2 aromatic rings. The van der Waals surface area contributed by atoms with Crippen molar-refractivity contribution in [1.82, 2.24) is 9.88 Å². The fourth-order valence-corrected chi connectivity index (χ4v) is 4.20. The summed E-state index contributed by atoms with van der Waals surface area (Å²) in [5.74, 6) is 0.0420. The molecule has 2 bridgehead atoms. The predicted molar refractivity (Wildman–Crippen MR) is 96.6 cm³/mol. The van der Waals surface area contributed by atoms with E-state index in [1.165, 1.54) is 0 Å². The molecule has 2 aliphatic rings. The quantitative estimate of drug-likeness (QED) is 0.786. The van der Waals surface area contributed by atoms with E-state index in [-0.39, 0.29) is 36.5 Å². The van der Waals surface area contributed by atoms with Gasteiger partial charge in [0.1, 0.15) is 12.3 Å². The van der Waals surface area contributed by atoms with Crippen LogP contribution in [0, 0.1) is 5.92 Å². The normalized spacial score (nSPS) is 24.3. The van der Waals surface area contributed by atoms with Gasteiger partial charge in [-0.2, -0.15) is 0 Å². The lowest BCUT2D eigenvalue weighted by atomic mass is 9.86. The van der Waals surface area contributed by atoms with Crippen LogP contribution in [0.3, 0.4) is 0 Å². The van der Waals surface area contributed by atoms with Gasteiger partial charge >= 0.3 is 6.09 Å². The molecule has 3 heterocycles. The molecular weight excluding hydrogens is 328 g/mol. The number of carbonyl (C=O) groups is 2. The highest BCUT2D eigenvalue weighted by Gasteiger charge is 2.46. The zero-order chi connectivity index (χ0) is 17.9. The first-order valence-corrected chi connectivity index (χ1v) is 9.16. The summed E-state index contributed by atoms with van der Waals surface area (Å²) in [5, 5.41) is 0. The first-order chi connectivity index (χ1) is 12.7. The number of piperidine rings is 1. The SMILES string of the molecule is O=C(c1ccccn1)C1CC2CCC(C1)N2C(=O)OCc1ccccc1. The number of hydrogen-bond donors (Lipinski definition) is 0. The van der Waals surface area contributed by atoms with Gasteiger partial charge in [-0.1, -0.05) is 36.4 Å². The van der Waals surface area contributed by atoms with E-state index in [1.54, 1.807) is 12.3 Å². The second kappa shape index (κ2) is 7.28. The first-order valence-electron chi connectivity index (χ1n) is 9.16. The van der Waals surface area contributed by atoms with Crippen molar-refractivity contribution < 1.29 is 14.3 Å². The van der Waals surface area contributed by atoms with Gasteiger partial charge in [0.2, 0.25) is 0 Å². The molecule has 2 aliphatic heterocycles. The lowest BCUT2D eigenvalue weighted by molar-refractivity contribution is 0.0483. The van der Waals surface area contributed by atoms with Gasteiger partial charge in [0, 0.05) is 24.2 Å². The number of ketones is 1. The van der Waals surface area contributed by atoms with Gasteiger partial charge in [-0.15, -0.1) is 0 Å². The molecule has 1 amide bonds. The minimum absolute atomic E-state index is 0.0550. The second-order valence-corrected chi connectivity index (χ2v) is 7.08. The highest BCUT2D eigenvalue weighted by Crippen LogP contribution is 2.40. The molecular formula is C21H22N2O3. The van der Waals surface area contributed by atoms with E-state index in [0.29, 0.717) is 18.5 Å². The predicted octanol–water partition coefficient (Wildman–Crippen LogP) is 3.84. The van der Waals surface area contributed by atoms with Crippen molar-refractivity contribution in [3.8, 4) is 0 Å². The molecule has 26 heavy (non-hydrogen) atoms. The number of pyridine rings is 1. The Morgan fingerprint density at radius 3 is 2.35 bits per heavy atom. The van der Waals surface area contributed by atoms with Crippen LogP contribution in [0.2, 0.25) is 0 Å². The fraction of sp³-hybridized carbons (Fsp3) is 0.381. The van der Waals surface area contributed by atoms with Crippen molar-refractivity contribution in [3.05, 3.63) is 66.0 Å². The van der Waals surface area contributed by atoms with Gasteiger partial charge in [0.15, 0.2) is 5.78 Å². The van der Waals surface area contributed by atoms with Crippen molar-refractivity contribution >= 4 is 11.9 Å². The highest BCUT2D eigenvalue weighted by atomic mass is 16.6. The molecule has 0 aliphatic carbocycles. The maximum Gasteiger partial charge on any atom is 0.410 e. The monoisotopic (exact) mass is 350 g/mol. The number of ether oxygens (including phenoxy) is 1. The van der Waals surface area contributed by atoms with Crippen molar-refractivity contribution in [3.63, 3.8) is 0 Å². The molecule has 1 aromatic carbocycles. The third-order valence-electron chi connectivity index (χ3n) is 5.44. The summed E-state index contributed by atoms with van der Waals surface area (Å²) >= 11 is 0. The topological polar surface area (TPSA) is 59.5 Å². The van der Waals surface area contributed by atoms with Gasteiger partial charge < -0.3 is 9.64 Å². The highest BCUT2D eigenvalue weighted by molar-refractivity contribution is 5.96. The van der Waals surface area contributed by atoms with E-state index in [9.17, 15) is 9.59 Å². The summed E-state index contributed by atoms with van der Waals surface area (Å²) in [6.45, 7) is 0.284. The third-order valence-corrected chi connectivity index (χ3v) is 5.44. The van der Waals surface area contributed by atoms with E-state index in [4.69, 9.17) is 4.74 Å². The Morgan fingerprint density at radius 1 is 1.00 bits per heavy atom. The van der Waals surface area contributed by atoms with Crippen molar-refractivity contribution in [2.24, 2.45) is 5.92 Å². The Balaban J connectivity index is 1.39. The van der Waals surface area contributed by atoms with Gasteiger partial charge in [0.25, 0.3) is 0 Å². The number of benzene rings is 1. The van der Waals surface area contributed by atoms with E-state index in [1.807, 2.05) is 47.4 Å². The summed E-state index contributed by atoms with van der Waals surface area (Å²) in [6, 6.07) is 15.3. The standard InChI is InChI=1S/C21H22N2O3/c24-20(19-8-4-5-11-22-19)16-12-17-9-10-18(13-16)23(17)21(25)26-14-15-6-2-1-3-7-15/h1-8,11,16-18H,9-10,12-14H2. The molecule has 5 nitrogen and oxygen atoms in total. The average Bonchev–Trinajstić information content (AvgIpc) is 2.96. The number of Topliss-reactive ketones (excluding diaryl/α,β-unsaturated/α-hetero) is 1. The number of hydrogen-bond acceptors (Lipinski definition) is 4. The van der Waals surface area contributed by atoms with Crippen LogP contribution in [-0.4, -0.2) is 33.8 Å². The summed E-state index contributed by atoms with van der Waals surface area (Å²) < 4.78 is 5.52. The second-order valence-electron chi connectivity index (χ2n) is 7.08. The van der Waals surface area contributed by atoms with Crippen LogP contribution in [-0.2, 0) is 11.3 Å². The molecule has 1 aromatic heterocycles. The molecule has 0 radical (unpaired) electrons. The number of rotatable bonds is 4. The van der Waals surface area contributed by atoms with Crippen molar-refractivity contribution in [1.29, 1.82) is 0 Å². The van der Waals surface area contributed by atoms with Gasteiger partial charge in [-0.05, 0) is 43.4 Å². The van der Waals surface area contributed by atoms with Gasteiger partial charge in [-0.3, -0.25) is 9.78 Å². The number of amides is 1. The summed E-state index contributed by atoms with van der Waals surface area (Å²) in [4.78, 5) is 31.3. The molecule has 2 atom stereocenters. The smallest absolute Gasteiger partial charge is 0.410 e. The van der Waals surface area contributed by atoms with Crippen LogP contribution in [0.5, 0.6) is 0 Å². The zero-order valence-electron chi connectivity index (χ0n) is 14.6. The molecule has 5 heteroatoms. The molecule has 2 saturated heterocycles. The van der Waals surface area contributed by atoms with Crippen LogP contribution in [0.4, 0.5) is 4.79 Å². The number of fused-ring (bicyclic) bond motifs is 2. The summed E-state index contributed by atoms with van der Waals surface area (Å²) in [5.41, 5.74) is 1.51. The van der Waals surface area contributed by atoms with Crippen molar-refractivity contribution in [2.45, 2.75) is 44.4 Å². The van der Waals surface area contributed by atoms with Gasteiger partial charge in [-0.25, -0.2) is 4.79 Å². The van der Waals surface area contributed by atoms with E-state index < -0.39 is 0 Å². The van der Waals surface area contributed by atoms with E-state index >= 15 is 0 Å². The van der Waals surface area contributed by atoms with E-state index in [2.05, 4.69) is 4.98 Å². The van der Waals surface area contributed by atoms with Crippen LogP contribution in [0.1, 0.15) is 41.7 Å². The molecule has 0 N–H and O–H groups in total. The average molecular weight is 350 g/mol. The maximum atomic E-state index is 12.7. The third kappa shape index (κ3) is 3.34. The zero-order valence-corrected chi connectivity index (χ0v) is 14.6. The van der Waals surface area contributed by atoms with Crippen LogP contribution < -0.4 is 0 Å². The Labute approximate surface area is 153 Å². The summed E-state index contributed by atoms with van der Waals surface area (Å²) in [6.07, 6.45) is 4.68. The summed E-state index contributed by atoms with van der Waals surface area (Å²) in [7, 11) is 0. The molecule has 0 saturated carbocycles. The number of nitrogens with zero attached hydrogens (tertiary/aromatic N) is 2. The number of carbonyl (C=O) groups excluding carboxylic acids is 2. The van der Waals surface area contributed by atoms with Crippen LogP contribution >= 0.6 is 0 Å². The molecule has 134 valence electrons. The lowest BCUT2D eigenvalue weighted by Crippen LogP contribution is -2.48. The van der Waals surface area contributed by atoms with Crippen LogP contribution in [0.25, 0.3) is 0 Å². The molecule has 4 rings (SSSR count). The largest absolute Gasteiger partial charge is 0.445 e.